The third-order valence-electron chi connectivity index (χ3n) is 4.18. The van der Waals surface area contributed by atoms with Gasteiger partial charge in [0.15, 0.2) is 0 Å². The Hall–Kier alpha value is -2.56. The van der Waals surface area contributed by atoms with E-state index in [1.165, 1.54) is 36.4 Å². The molecular weight excluding hydrogens is 426 g/mol. The Morgan fingerprint density at radius 2 is 0.933 bits per heavy atom. The van der Waals surface area contributed by atoms with Crippen LogP contribution in [0.15, 0.2) is 91.0 Å². The summed E-state index contributed by atoms with van der Waals surface area (Å²) < 4.78 is 49.3. The second kappa shape index (κ2) is 9.07. The molecule has 0 aliphatic rings. The van der Waals surface area contributed by atoms with E-state index in [4.69, 9.17) is 18.1 Å². The molecule has 3 aromatic rings. The zero-order chi connectivity index (χ0) is 21.7. The lowest BCUT2D eigenvalue weighted by Gasteiger charge is -2.35. The molecule has 0 heterocycles. The van der Waals surface area contributed by atoms with Crippen molar-refractivity contribution in [1.82, 2.24) is 0 Å². The third-order valence-corrected chi connectivity index (χ3v) is 9.56. The van der Waals surface area contributed by atoms with Crippen LogP contribution in [0.2, 0.25) is 0 Å². The Labute approximate surface area is 175 Å². The number of aliphatic hydroxyl groups is 1. The van der Waals surface area contributed by atoms with Crippen molar-refractivity contribution in [3.05, 3.63) is 91.0 Å². The standard InChI is InChI=1S/C21H22O7P2/c1-21(22,29(23,25-2)26-18-12-6-3-7-13-18)30(24,27-19-14-8-4-9-15-19)28-20-16-10-5-11-17-20/h3-17,22H,1-2H3. The van der Waals surface area contributed by atoms with Gasteiger partial charge in [0.1, 0.15) is 17.2 Å². The van der Waals surface area contributed by atoms with E-state index >= 15 is 0 Å². The van der Waals surface area contributed by atoms with Gasteiger partial charge in [-0.2, -0.15) is 0 Å². The third kappa shape index (κ3) is 4.61. The Kier molecular flexibility index (Phi) is 6.69. The van der Waals surface area contributed by atoms with Crippen molar-refractivity contribution in [2.45, 2.75) is 12.0 Å². The Morgan fingerprint density at radius 3 is 1.23 bits per heavy atom. The molecule has 3 rings (SSSR count). The van der Waals surface area contributed by atoms with Gasteiger partial charge in [-0.3, -0.25) is 0 Å². The highest BCUT2D eigenvalue weighted by Crippen LogP contribution is 2.74. The molecule has 158 valence electrons. The molecule has 9 heteroatoms. The molecule has 3 aromatic carbocycles. The molecule has 0 radical (unpaired) electrons. The summed E-state index contributed by atoms with van der Waals surface area (Å²) in [5.41, 5.74) is 0. The summed E-state index contributed by atoms with van der Waals surface area (Å²) in [5.74, 6) is 0.465. The van der Waals surface area contributed by atoms with Crippen LogP contribution in [0.4, 0.5) is 0 Å². The fourth-order valence-electron chi connectivity index (χ4n) is 2.50. The second-order valence-electron chi connectivity index (χ2n) is 6.36. The first-order chi connectivity index (χ1) is 14.3. The van der Waals surface area contributed by atoms with Crippen molar-refractivity contribution >= 4 is 15.2 Å². The smallest absolute Gasteiger partial charge is 0.422 e. The zero-order valence-corrected chi connectivity index (χ0v) is 18.2. The van der Waals surface area contributed by atoms with Gasteiger partial charge in [0.05, 0.1) is 0 Å². The molecule has 0 saturated carbocycles. The normalized spacial score (nSPS) is 15.4. The molecule has 0 fully saturated rings. The lowest BCUT2D eigenvalue weighted by Crippen LogP contribution is -2.32. The van der Waals surface area contributed by atoms with Crippen LogP contribution in [-0.4, -0.2) is 17.3 Å². The van der Waals surface area contributed by atoms with Crippen LogP contribution < -0.4 is 13.6 Å². The first kappa shape index (κ1) is 22.1. The van der Waals surface area contributed by atoms with Crippen LogP contribution in [0, 0.1) is 0 Å². The number of benzene rings is 3. The largest absolute Gasteiger partial charge is 0.475 e. The molecule has 30 heavy (non-hydrogen) atoms. The number of para-hydroxylation sites is 3. The fourth-order valence-corrected chi connectivity index (χ4v) is 6.49. The summed E-state index contributed by atoms with van der Waals surface area (Å²) in [6.45, 7) is 1.05. The molecule has 0 spiro atoms. The van der Waals surface area contributed by atoms with E-state index < -0.39 is 20.3 Å². The highest BCUT2D eigenvalue weighted by atomic mass is 31.2. The first-order valence-corrected chi connectivity index (χ1v) is 12.1. The molecule has 7 nitrogen and oxygen atoms in total. The predicted molar refractivity (Wildman–Crippen MR) is 114 cm³/mol. The topological polar surface area (TPSA) is 91.3 Å². The van der Waals surface area contributed by atoms with Crippen molar-refractivity contribution in [3.8, 4) is 17.2 Å². The highest BCUT2D eigenvalue weighted by Gasteiger charge is 2.65. The monoisotopic (exact) mass is 448 g/mol. The summed E-state index contributed by atoms with van der Waals surface area (Å²) in [4.78, 5) is 0. The summed E-state index contributed by atoms with van der Waals surface area (Å²) in [6.07, 6.45) is 0. The van der Waals surface area contributed by atoms with E-state index in [1.54, 1.807) is 54.6 Å². The van der Waals surface area contributed by atoms with Gasteiger partial charge in [-0.05, 0) is 43.3 Å². The average Bonchev–Trinajstić information content (AvgIpc) is 2.75. The van der Waals surface area contributed by atoms with Crippen molar-refractivity contribution < 1.29 is 32.3 Å². The van der Waals surface area contributed by atoms with Crippen LogP contribution in [-0.2, 0) is 13.7 Å². The van der Waals surface area contributed by atoms with Gasteiger partial charge in [-0.15, -0.1) is 0 Å². The maximum Gasteiger partial charge on any atom is 0.475 e. The van der Waals surface area contributed by atoms with Crippen LogP contribution in [0.3, 0.4) is 0 Å². The minimum atomic E-state index is -4.60. The molecule has 0 amide bonds. The van der Waals surface area contributed by atoms with Gasteiger partial charge in [0.25, 0.3) is 5.08 Å². The van der Waals surface area contributed by atoms with E-state index in [0.29, 0.717) is 0 Å². The van der Waals surface area contributed by atoms with Crippen molar-refractivity contribution in [2.75, 3.05) is 7.11 Å². The summed E-state index contributed by atoms with van der Waals surface area (Å²) in [6, 6.07) is 24.4. The van der Waals surface area contributed by atoms with Crippen molar-refractivity contribution in [1.29, 1.82) is 0 Å². The van der Waals surface area contributed by atoms with Gasteiger partial charge in [0, 0.05) is 7.11 Å². The second-order valence-corrected chi connectivity index (χ2v) is 11.4. The molecular formula is C21H22O7P2. The van der Waals surface area contributed by atoms with Gasteiger partial charge in [-0.1, -0.05) is 54.6 Å². The Balaban J connectivity index is 2.05. The summed E-state index contributed by atoms with van der Waals surface area (Å²) in [5, 5.41) is 8.65. The SMILES string of the molecule is COP(=O)(Oc1ccccc1)C(C)(O)P(=O)(Oc1ccccc1)Oc1ccccc1. The molecule has 2 unspecified atom stereocenters. The Morgan fingerprint density at radius 1 is 0.633 bits per heavy atom. The lowest BCUT2D eigenvalue weighted by atomic mass is 10.3. The van der Waals surface area contributed by atoms with E-state index in [1.807, 2.05) is 0 Å². The van der Waals surface area contributed by atoms with E-state index in [9.17, 15) is 14.2 Å². The van der Waals surface area contributed by atoms with Crippen LogP contribution in [0.5, 0.6) is 17.2 Å². The minimum Gasteiger partial charge on any atom is -0.422 e. The van der Waals surface area contributed by atoms with Gasteiger partial charge < -0.3 is 23.2 Å². The van der Waals surface area contributed by atoms with Gasteiger partial charge in [0.2, 0.25) is 0 Å². The minimum absolute atomic E-state index is 0.152. The summed E-state index contributed by atoms with van der Waals surface area (Å²) in [7, 11) is -7.99. The van der Waals surface area contributed by atoms with Crippen LogP contribution in [0.25, 0.3) is 0 Å². The average molecular weight is 448 g/mol. The van der Waals surface area contributed by atoms with Crippen LogP contribution in [0.1, 0.15) is 6.92 Å². The molecule has 0 bridgehead atoms. The zero-order valence-electron chi connectivity index (χ0n) is 16.5. The van der Waals surface area contributed by atoms with E-state index in [2.05, 4.69) is 0 Å². The van der Waals surface area contributed by atoms with Gasteiger partial charge in [-0.25, -0.2) is 9.13 Å². The number of hydrogen-bond acceptors (Lipinski definition) is 7. The van der Waals surface area contributed by atoms with Crippen LogP contribution >= 0.6 is 15.2 Å². The lowest BCUT2D eigenvalue weighted by molar-refractivity contribution is 0.145. The fraction of sp³-hybridized carbons (Fsp3) is 0.143. The van der Waals surface area contributed by atoms with Crippen molar-refractivity contribution in [3.63, 3.8) is 0 Å². The number of rotatable bonds is 9. The van der Waals surface area contributed by atoms with Crippen molar-refractivity contribution in [2.24, 2.45) is 0 Å². The van der Waals surface area contributed by atoms with E-state index in [-0.39, 0.29) is 17.2 Å². The Bertz CT molecular complexity index is 995. The predicted octanol–water partition coefficient (Wildman–Crippen LogP) is 5.92. The quantitative estimate of drug-likeness (QED) is 0.406. The van der Waals surface area contributed by atoms with E-state index in [0.717, 1.165) is 14.0 Å². The molecule has 0 aliphatic heterocycles. The summed E-state index contributed by atoms with van der Waals surface area (Å²) >= 11 is 0. The molecule has 0 aliphatic carbocycles. The molecule has 2 atom stereocenters. The molecule has 0 aromatic heterocycles. The maximum absolute atomic E-state index is 13.9. The highest BCUT2D eigenvalue weighted by molar-refractivity contribution is 7.74. The molecule has 1 N–H and O–H groups in total. The number of hydrogen-bond donors (Lipinski definition) is 1. The van der Waals surface area contributed by atoms with Gasteiger partial charge >= 0.3 is 15.2 Å². The maximum atomic E-state index is 13.9. The molecule has 0 saturated heterocycles. The first-order valence-electron chi connectivity index (χ1n) is 9.02.